The van der Waals surface area contributed by atoms with E-state index in [0.717, 1.165) is 0 Å². The molecule has 0 saturated carbocycles. The predicted octanol–water partition coefficient (Wildman–Crippen LogP) is 3.62. The van der Waals surface area contributed by atoms with Gasteiger partial charge in [0, 0.05) is 16.0 Å². The molecule has 0 bridgehead atoms. The lowest BCUT2D eigenvalue weighted by atomic mass is 10.2. The maximum atomic E-state index is 11.5. The van der Waals surface area contributed by atoms with Crippen molar-refractivity contribution in [2.45, 2.75) is 6.92 Å². The fourth-order valence-electron chi connectivity index (χ4n) is 1.50. The van der Waals surface area contributed by atoms with Crippen LogP contribution in [0.4, 0.5) is 5.13 Å². The van der Waals surface area contributed by atoms with E-state index in [1.807, 2.05) is 0 Å². The number of hydrogen-bond acceptors (Lipinski definition) is 5. The maximum Gasteiger partial charge on any atom is 0.397 e. The quantitative estimate of drug-likeness (QED) is 0.681. The number of esters is 1. The summed E-state index contributed by atoms with van der Waals surface area (Å²) in [5, 5.41) is 5.35. The molecule has 21 heavy (non-hydrogen) atoms. The van der Waals surface area contributed by atoms with Gasteiger partial charge in [0.15, 0.2) is 5.13 Å². The van der Waals surface area contributed by atoms with Gasteiger partial charge in [0.05, 0.1) is 17.3 Å². The van der Waals surface area contributed by atoms with Gasteiger partial charge in [0.25, 0.3) is 0 Å². The van der Waals surface area contributed by atoms with Crippen molar-refractivity contribution in [2.24, 2.45) is 0 Å². The maximum absolute atomic E-state index is 11.5. The largest absolute Gasteiger partial charge is 0.459 e. The minimum Gasteiger partial charge on any atom is -0.459 e. The third-order valence-corrected chi connectivity index (χ3v) is 3.70. The Morgan fingerprint density at radius 1 is 1.38 bits per heavy atom. The Morgan fingerprint density at radius 3 is 2.81 bits per heavy atom. The van der Waals surface area contributed by atoms with Crippen LogP contribution < -0.4 is 5.32 Å². The second-order valence-electron chi connectivity index (χ2n) is 3.84. The number of carbonyl (C=O) groups is 2. The van der Waals surface area contributed by atoms with E-state index >= 15 is 0 Å². The Bertz CT molecular complexity index is 688. The number of rotatable bonds is 3. The molecule has 0 aliphatic heterocycles. The van der Waals surface area contributed by atoms with Crippen LogP contribution in [-0.2, 0) is 14.3 Å². The van der Waals surface area contributed by atoms with Crippen LogP contribution in [-0.4, -0.2) is 23.5 Å². The van der Waals surface area contributed by atoms with Crippen LogP contribution in [0.3, 0.4) is 0 Å². The highest BCUT2D eigenvalue weighted by atomic mass is 35.5. The summed E-state index contributed by atoms with van der Waals surface area (Å²) >= 11 is 13.1. The van der Waals surface area contributed by atoms with Crippen LogP contribution in [0.2, 0.25) is 10.0 Å². The zero-order valence-electron chi connectivity index (χ0n) is 10.9. The highest BCUT2D eigenvalue weighted by molar-refractivity contribution is 7.14. The van der Waals surface area contributed by atoms with E-state index < -0.39 is 11.9 Å². The van der Waals surface area contributed by atoms with Gasteiger partial charge in [-0.3, -0.25) is 10.1 Å². The highest BCUT2D eigenvalue weighted by Gasteiger charge is 2.17. The number of nitrogens with one attached hydrogen (secondary N) is 1. The molecule has 2 aromatic rings. The lowest BCUT2D eigenvalue weighted by molar-refractivity contribution is -0.152. The third kappa shape index (κ3) is 3.93. The first-order valence-electron chi connectivity index (χ1n) is 5.90. The number of carbonyl (C=O) groups excluding carboxylic acids is 2. The third-order valence-electron chi connectivity index (χ3n) is 2.39. The van der Waals surface area contributed by atoms with Gasteiger partial charge in [0.2, 0.25) is 0 Å². The van der Waals surface area contributed by atoms with E-state index in [-0.39, 0.29) is 11.7 Å². The molecule has 5 nitrogen and oxygen atoms in total. The summed E-state index contributed by atoms with van der Waals surface area (Å²) < 4.78 is 4.59. The van der Waals surface area contributed by atoms with Crippen molar-refractivity contribution in [1.82, 2.24) is 4.98 Å². The van der Waals surface area contributed by atoms with Crippen LogP contribution in [0.15, 0.2) is 23.6 Å². The molecular formula is C13H10Cl2N2O3S. The Labute approximate surface area is 134 Å². The molecule has 1 aromatic heterocycles. The first kappa shape index (κ1) is 15.8. The zero-order valence-corrected chi connectivity index (χ0v) is 13.2. The molecule has 0 saturated heterocycles. The lowest BCUT2D eigenvalue weighted by Crippen LogP contribution is -2.24. The average Bonchev–Trinajstić information content (AvgIpc) is 2.87. The fourth-order valence-corrected chi connectivity index (χ4v) is 2.71. The first-order valence-corrected chi connectivity index (χ1v) is 7.54. The van der Waals surface area contributed by atoms with Gasteiger partial charge < -0.3 is 4.74 Å². The van der Waals surface area contributed by atoms with E-state index in [0.29, 0.717) is 21.3 Å². The number of anilines is 1. The molecule has 0 atom stereocenters. The van der Waals surface area contributed by atoms with Crippen molar-refractivity contribution in [2.75, 3.05) is 11.9 Å². The molecule has 0 aliphatic rings. The predicted molar refractivity (Wildman–Crippen MR) is 82.8 cm³/mol. The molecule has 0 spiro atoms. The molecule has 1 heterocycles. The molecule has 8 heteroatoms. The lowest BCUT2D eigenvalue weighted by Gasteiger charge is -2.02. The van der Waals surface area contributed by atoms with Crippen molar-refractivity contribution < 1.29 is 14.3 Å². The van der Waals surface area contributed by atoms with Crippen molar-refractivity contribution in [3.63, 3.8) is 0 Å². The number of hydrogen-bond donors (Lipinski definition) is 1. The van der Waals surface area contributed by atoms with E-state index in [1.165, 1.54) is 11.3 Å². The Balaban J connectivity index is 2.15. The summed E-state index contributed by atoms with van der Waals surface area (Å²) in [7, 11) is 0. The monoisotopic (exact) mass is 344 g/mol. The number of benzene rings is 1. The van der Waals surface area contributed by atoms with Crippen LogP contribution in [0.1, 0.15) is 6.92 Å². The molecule has 0 radical (unpaired) electrons. The Morgan fingerprint density at radius 2 is 2.14 bits per heavy atom. The second-order valence-corrected chi connectivity index (χ2v) is 5.54. The average molecular weight is 345 g/mol. The molecular weight excluding hydrogens is 335 g/mol. The minimum atomic E-state index is -0.946. The van der Waals surface area contributed by atoms with Gasteiger partial charge in [0.1, 0.15) is 0 Å². The van der Waals surface area contributed by atoms with Gasteiger partial charge in [-0.05, 0) is 25.1 Å². The SMILES string of the molecule is CCOC(=O)C(=O)Nc1nc(-c2ccc(Cl)cc2Cl)cs1. The Kier molecular flexibility index (Phi) is 5.17. The van der Waals surface area contributed by atoms with E-state index in [4.69, 9.17) is 23.2 Å². The van der Waals surface area contributed by atoms with E-state index in [1.54, 1.807) is 30.5 Å². The van der Waals surface area contributed by atoms with Gasteiger partial charge in [-0.15, -0.1) is 11.3 Å². The summed E-state index contributed by atoms with van der Waals surface area (Å²) in [5.74, 6) is -1.81. The molecule has 1 N–H and O–H groups in total. The summed E-state index contributed by atoms with van der Waals surface area (Å²) in [6, 6.07) is 5.03. The standard InChI is InChI=1S/C13H10Cl2N2O3S/c1-2-20-12(19)11(18)17-13-16-10(6-21-13)8-4-3-7(14)5-9(8)15/h3-6H,2H2,1H3,(H,16,17,18). The second kappa shape index (κ2) is 6.89. The molecule has 0 aliphatic carbocycles. The minimum absolute atomic E-state index is 0.135. The van der Waals surface area contributed by atoms with Crippen molar-refractivity contribution >= 4 is 51.5 Å². The normalized spacial score (nSPS) is 10.2. The number of thiazole rings is 1. The summed E-state index contributed by atoms with van der Waals surface area (Å²) in [6.45, 7) is 1.75. The van der Waals surface area contributed by atoms with Crippen LogP contribution in [0.25, 0.3) is 11.3 Å². The van der Waals surface area contributed by atoms with Crippen LogP contribution in [0.5, 0.6) is 0 Å². The molecule has 1 amide bonds. The number of aromatic nitrogens is 1. The van der Waals surface area contributed by atoms with E-state index in [2.05, 4.69) is 15.0 Å². The number of halogens is 2. The summed E-state index contributed by atoms with van der Waals surface area (Å²) in [5.41, 5.74) is 1.27. The summed E-state index contributed by atoms with van der Waals surface area (Å²) in [4.78, 5) is 26.9. The molecule has 2 rings (SSSR count). The topological polar surface area (TPSA) is 68.3 Å². The molecule has 110 valence electrons. The van der Waals surface area contributed by atoms with Gasteiger partial charge in [-0.2, -0.15) is 0 Å². The number of nitrogens with zero attached hydrogens (tertiary/aromatic N) is 1. The fraction of sp³-hybridized carbons (Fsp3) is 0.154. The van der Waals surface area contributed by atoms with Gasteiger partial charge in [-0.25, -0.2) is 9.78 Å². The highest BCUT2D eigenvalue weighted by Crippen LogP contribution is 2.32. The van der Waals surface area contributed by atoms with E-state index in [9.17, 15) is 9.59 Å². The zero-order chi connectivity index (χ0) is 15.4. The Hall–Kier alpha value is -1.63. The number of ether oxygens (including phenoxy) is 1. The number of amides is 1. The van der Waals surface area contributed by atoms with Crippen LogP contribution in [0, 0.1) is 0 Å². The smallest absolute Gasteiger partial charge is 0.397 e. The van der Waals surface area contributed by atoms with Crippen molar-refractivity contribution in [3.8, 4) is 11.3 Å². The molecule has 0 unspecified atom stereocenters. The van der Waals surface area contributed by atoms with Crippen LogP contribution >= 0.6 is 34.5 Å². The van der Waals surface area contributed by atoms with Gasteiger partial charge >= 0.3 is 11.9 Å². The van der Waals surface area contributed by atoms with Gasteiger partial charge in [-0.1, -0.05) is 23.2 Å². The van der Waals surface area contributed by atoms with Crippen molar-refractivity contribution in [3.05, 3.63) is 33.6 Å². The van der Waals surface area contributed by atoms with Crippen molar-refractivity contribution in [1.29, 1.82) is 0 Å². The molecule has 1 aromatic carbocycles. The summed E-state index contributed by atoms with van der Waals surface area (Å²) in [6.07, 6.45) is 0. The molecule has 0 fully saturated rings. The first-order chi connectivity index (χ1) is 10.0.